The summed E-state index contributed by atoms with van der Waals surface area (Å²) in [5.41, 5.74) is 0. The third-order valence-corrected chi connectivity index (χ3v) is 0. The Morgan fingerprint density at radius 2 is 0.421 bits per heavy atom. The molecule has 2 N–H and O–H groups in total. The largest absolute Gasteiger partial charge is 1.00 e. The second kappa shape index (κ2) is 145. The van der Waals surface area contributed by atoms with Crippen molar-refractivity contribution < 1.29 is 206 Å². The monoisotopic (exact) mass is 410 g/mol. The van der Waals surface area contributed by atoms with Crippen molar-refractivity contribution in [2.24, 2.45) is 0 Å². The van der Waals surface area contributed by atoms with Gasteiger partial charge in [0, 0.05) is 9.93 Å². The molecule has 0 spiro atoms. The van der Waals surface area contributed by atoms with Crippen molar-refractivity contribution in [3.8, 4) is 0 Å². The molecule has 0 heterocycles. The van der Waals surface area contributed by atoms with Gasteiger partial charge >= 0.3 is 118 Å². The SMILES string of the molecule is O.O=O.[Na+].[Na+].[Na+].[Na+].[O-][Cl+][O-].[O-][Cl+][O-].[O-][Cl+][O-].[O-][Cl+][O-]. The summed E-state index contributed by atoms with van der Waals surface area (Å²) in [6, 6.07) is 0. The molecule has 0 fully saturated rings. The van der Waals surface area contributed by atoms with Gasteiger partial charge in [0.05, 0.1) is 45.3 Å². The van der Waals surface area contributed by atoms with E-state index in [1.54, 1.807) is 0 Å². The predicted octanol–water partition coefficient (Wildman–Crippen LogP) is -22.3. The van der Waals surface area contributed by atoms with Crippen LogP contribution < -0.4 is 156 Å². The van der Waals surface area contributed by atoms with Crippen LogP contribution in [0.3, 0.4) is 0 Å². The molecule has 0 unspecified atom stereocenters. The smallest absolute Gasteiger partial charge is 0.544 e. The molecule has 0 amide bonds. The van der Waals surface area contributed by atoms with Gasteiger partial charge in [-0.2, -0.15) is 0 Å². The zero-order valence-corrected chi connectivity index (χ0v) is 21.1. The van der Waals surface area contributed by atoms with Gasteiger partial charge in [0.25, 0.3) is 0 Å². The Kier molecular flexibility index (Phi) is 500. The topological polar surface area (TPSA) is 250 Å². The molecular weight excluding hydrogens is 410 g/mol. The number of hydrogen-bond donors (Lipinski definition) is 0. The summed E-state index contributed by atoms with van der Waals surface area (Å²) in [6.07, 6.45) is 0. The van der Waals surface area contributed by atoms with E-state index in [0.29, 0.717) is 0 Å². The molecule has 0 saturated carbocycles. The van der Waals surface area contributed by atoms with E-state index in [2.05, 4.69) is 0 Å². The third kappa shape index (κ3) is 482. The Morgan fingerprint density at radius 1 is 0.421 bits per heavy atom. The van der Waals surface area contributed by atoms with Crippen LogP contribution in [0, 0.1) is 55.2 Å². The molecule has 0 aromatic heterocycles. The Hall–Kier alpha value is 4.40. The predicted molar refractivity (Wildman–Crippen MR) is 10.3 cm³/mol. The maximum Gasteiger partial charge on any atom is 1.00 e. The van der Waals surface area contributed by atoms with Gasteiger partial charge in [0.1, 0.15) is 0 Å². The normalized spacial score (nSPS) is 4.00. The summed E-state index contributed by atoms with van der Waals surface area (Å²) >= 11 is -1.67. The zero-order valence-electron chi connectivity index (χ0n) is 10.1. The molecule has 0 aliphatic carbocycles. The molecule has 19 heteroatoms. The summed E-state index contributed by atoms with van der Waals surface area (Å²) in [4.78, 5) is 14.0. The van der Waals surface area contributed by atoms with Gasteiger partial charge in [-0.15, -0.1) is 0 Å². The van der Waals surface area contributed by atoms with E-state index in [4.69, 9.17) is 47.2 Å². The minimum absolute atomic E-state index is 0. The molecular formula is H2Cl4Na4O11. The first-order valence-electron chi connectivity index (χ1n) is 1.40. The van der Waals surface area contributed by atoms with Gasteiger partial charge in [0.2, 0.25) is 0 Å². The fraction of sp³-hybridized carbons (Fsp3) is 0. The van der Waals surface area contributed by atoms with Crippen LogP contribution in [0.2, 0.25) is 0 Å². The molecule has 19 heavy (non-hydrogen) atoms. The van der Waals surface area contributed by atoms with E-state index >= 15 is 0 Å². The average Bonchev–Trinajstić information content (AvgIpc) is 2.12. The number of hydrogen-bond acceptors (Lipinski definition) is 10. The van der Waals surface area contributed by atoms with Crippen molar-refractivity contribution in [3.05, 3.63) is 9.93 Å². The van der Waals surface area contributed by atoms with Gasteiger partial charge in [-0.25, -0.2) is 0 Å². The summed E-state index contributed by atoms with van der Waals surface area (Å²) in [7, 11) is 0. The number of rotatable bonds is 0. The maximum absolute atomic E-state index is 8.24. The van der Waals surface area contributed by atoms with Gasteiger partial charge < -0.3 is 42.7 Å². The quantitative estimate of drug-likeness (QED) is 0.340. The van der Waals surface area contributed by atoms with E-state index in [-0.39, 0.29) is 124 Å². The average molecular weight is 412 g/mol. The van der Waals surface area contributed by atoms with E-state index < -0.39 is 45.3 Å². The molecule has 0 aromatic rings. The molecule has 0 aliphatic rings. The van der Waals surface area contributed by atoms with Gasteiger partial charge in [-0.3, -0.25) is 0 Å². The molecule has 100 valence electrons. The number of halogens is 4. The summed E-state index contributed by atoms with van der Waals surface area (Å²) < 4.78 is 65.9. The van der Waals surface area contributed by atoms with Crippen molar-refractivity contribution in [2.45, 2.75) is 0 Å². The van der Waals surface area contributed by atoms with Crippen LogP contribution in [0.4, 0.5) is 0 Å². The first kappa shape index (κ1) is 65.4. The van der Waals surface area contributed by atoms with Crippen LogP contribution in [0.15, 0.2) is 0 Å². The van der Waals surface area contributed by atoms with E-state index in [0.717, 1.165) is 0 Å². The fourth-order valence-electron chi connectivity index (χ4n) is 0. The van der Waals surface area contributed by atoms with E-state index in [1.807, 2.05) is 0 Å². The first-order chi connectivity index (χ1) is 6.66. The molecule has 0 radical (unpaired) electrons. The first-order valence-corrected chi connectivity index (χ1v) is 3.87. The summed E-state index contributed by atoms with van der Waals surface area (Å²) in [6.45, 7) is 0. The minimum atomic E-state index is -0.417. The van der Waals surface area contributed by atoms with E-state index in [1.165, 1.54) is 0 Å². The van der Waals surface area contributed by atoms with Crippen LogP contribution in [0.25, 0.3) is 0 Å². The Balaban J connectivity index is -0.00000000629. The van der Waals surface area contributed by atoms with Crippen molar-refractivity contribution in [1.82, 2.24) is 0 Å². The summed E-state index contributed by atoms with van der Waals surface area (Å²) in [5.74, 6) is 0. The Labute approximate surface area is 212 Å². The van der Waals surface area contributed by atoms with Gasteiger partial charge in [-0.1, -0.05) is 0 Å². The van der Waals surface area contributed by atoms with Crippen molar-refractivity contribution >= 4 is 0 Å². The van der Waals surface area contributed by atoms with Crippen LogP contribution in [-0.2, 0) is 0 Å². The maximum atomic E-state index is 8.24. The molecule has 0 aliphatic heterocycles. The van der Waals surface area contributed by atoms with Crippen molar-refractivity contribution in [3.63, 3.8) is 0 Å². The van der Waals surface area contributed by atoms with Crippen LogP contribution in [0.1, 0.15) is 0 Å². The van der Waals surface area contributed by atoms with Crippen LogP contribution in [0.5, 0.6) is 0 Å². The zero-order chi connectivity index (χ0) is 12.8. The molecule has 11 nitrogen and oxygen atoms in total. The second-order valence-corrected chi connectivity index (χ2v) is 0.756. The molecule has 0 aromatic carbocycles. The standard InChI is InChI=1S/4ClO2.4Na.O2.H2O/c4*2-1-3;;;;;1-2;/h;;;;;;;;;1H2/q4*-1;4*+1;;. The molecule has 0 atom stereocenters. The summed E-state index contributed by atoms with van der Waals surface area (Å²) in [5, 5.41) is 0. The van der Waals surface area contributed by atoms with Crippen molar-refractivity contribution in [1.29, 1.82) is 0 Å². The molecule has 0 rings (SSSR count). The third-order valence-electron chi connectivity index (χ3n) is 0. The minimum Gasteiger partial charge on any atom is -0.544 e. The van der Waals surface area contributed by atoms with Gasteiger partial charge in [0.15, 0.2) is 0 Å². The van der Waals surface area contributed by atoms with Crippen LogP contribution in [-0.4, -0.2) is 5.48 Å². The Morgan fingerprint density at radius 3 is 0.421 bits per heavy atom. The van der Waals surface area contributed by atoms with E-state index in [9.17, 15) is 0 Å². The van der Waals surface area contributed by atoms with Crippen LogP contribution >= 0.6 is 0 Å². The van der Waals surface area contributed by atoms with Crippen molar-refractivity contribution in [2.75, 3.05) is 0 Å². The molecule has 0 bridgehead atoms. The van der Waals surface area contributed by atoms with Gasteiger partial charge in [-0.05, 0) is 0 Å². The second-order valence-electron chi connectivity index (χ2n) is 0.252. The Bertz CT molecular complexity index is 41.9. The molecule has 0 saturated heterocycles. The fourth-order valence-corrected chi connectivity index (χ4v) is 0.